The Labute approximate surface area is 77.3 Å². The first-order valence-electron chi connectivity index (χ1n) is 3.26. The summed E-state index contributed by atoms with van der Waals surface area (Å²) in [5.74, 6) is -1.03. The van der Waals surface area contributed by atoms with Gasteiger partial charge in [-0.3, -0.25) is 9.48 Å². The molecule has 0 aliphatic rings. The highest BCUT2D eigenvalue weighted by atomic mass is 79.9. The van der Waals surface area contributed by atoms with Crippen LogP contribution in [0.15, 0.2) is 16.9 Å². The fourth-order valence-electron chi connectivity index (χ4n) is 0.718. The van der Waals surface area contributed by atoms with E-state index < -0.39 is 12.0 Å². The zero-order valence-electron chi connectivity index (χ0n) is 6.14. The minimum absolute atomic E-state index is 0.181. The normalized spacial score (nSPS) is 12.8. The summed E-state index contributed by atoms with van der Waals surface area (Å²) in [6, 6.07) is -0.906. The smallest absolute Gasteiger partial charge is 0.322 e. The van der Waals surface area contributed by atoms with Gasteiger partial charge in [-0.15, -0.1) is 0 Å². The molecule has 12 heavy (non-hydrogen) atoms. The Morgan fingerprint density at radius 2 is 2.58 bits per heavy atom. The van der Waals surface area contributed by atoms with Gasteiger partial charge >= 0.3 is 5.97 Å². The zero-order chi connectivity index (χ0) is 9.14. The molecule has 0 aromatic carbocycles. The summed E-state index contributed by atoms with van der Waals surface area (Å²) in [4.78, 5) is 10.3. The molecule has 1 atom stereocenters. The number of nitrogens with zero attached hydrogens (tertiary/aromatic N) is 2. The summed E-state index contributed by atoms with van der Waals surface area (Å²) in [5.41, 5.74) is 5.28. The van der Waals surface area contributed by atoms with Crippen molar-refractivity contribution in [1.82, 2.24) is 9.78 Å². The van der Waals surface area contributed by atoms with Crippen molar-refractivity contribution in [3.8, 4) is 0 Å². The lowest BCUT2D eigenvalue weighted by Crippen LogP contribution is -2.34. The van der Waals surface area contributed by atoms with E-state index in [1.807, 2.05) is 0 Å². The lowest BCUT2D eigenvalue weighted by Gasteiger charge is -2.04. The summed E-state index contributed by atoms with van der Waals surface area (Å²) < 4.78 is 2.28. The molecule has 66 valence electrons. The molecule has 0 bridgehead atoms. The van der Waals surface area contributed by atoms with Crippen LogP contribution >= 0.6 is 15.9 Å². The Hall–Kier alpha value is -0.880. The van der Waals surface area contributed by atoms with Gasteiger partial charge in [0.05, 0.1) is 17.2 Å². The van der Waals surface area contributed by atoms with Crippen LogP contribution in [0.4, 0.5) is 0 Å². The number of hydrogen-bond donors (Lipinski definition) is 2. The van der Waals surface area contributed by atoms with Crippen LogP contribution in [0, 0.1) is 0 Å². The molecular weight excluding hydrogens is 226 g/mol. The van der Waals surface area contributed by atoms with Crippen molar-refractivity contribution in [3.05, 3.63) is 16.9 Å². The quantitative estimate of drug-likeness (QED) is 0.774. The zero-order valence-corrected chi connectivity index (χ0v) is 7.73. The monoisotopic (exact) mass is 233 g/mol. The maximum absolute atomic E-state index is 10.3. The van der Waals surface area contributed by atoms with Crippen molar-refractivity contribution < 1.29 is 9.90 Å². The van der Waals surface area contributed by atoms with Gasteiger partial charge in [0.15, 0.2) is 0 Å². The third-order valence-corrected chi connectivity index (χ3v) is 1.71. The van der Waals surface area contributed by atoms with E-state index >= 15 is 0 Å². The molecule has 3 N–H and O–H groups in total. The molecule has 0 saturated heterocycles. The van der Waals surface area contributed by atoms with Crippen molar-refractivity contribution in [2.24, 2.45) is 5.73 Å². The van der Waals surface area contributed by atoms with E-state index in [2.05, 4.69) is 21.0 Å². The number of carboxylic acid groups (broad SMARTS) is 1. The highest BCUT2D eigenvalue weighted by molar-refractivity contribution is 9.10. The van der Waals surface area contributed by atoms with Gasteiger partial charge in [-0.2, -0.15) is 5.10 Å². The summed E-state index contributed by atoms with van der Waals surface area (Å²) in [5, 5.41) is 12.3. The number of aliphatic carboxylic acids is 1. The third kappa shape index (κ3) is 2.31. The van der Waals surface area contributed by atoms with Gasteiger partial charge in [0.25, 0.3) is 0 Å². The molecule has 0 amide bonds. The van der Waals surface area contributed by atoms with Gasteiger partial charge < -0.3 is 10.8 Å². The molecule has 5 nitrogen and oxygen atoms in total. The first kappa shape index (κ1) is 9.21. The van der Waals surface area contributed by atoms with Gasteiger partial charge in [-0.25, -0.2) is 0 Å². The van der Waals surface area contributed by atoms with Crippen LogP contribution in [0.1, 0.15) is 0 Å². The van der Waals surface area contributed by atoms with Crippen LogP contribution in [-0.4, -0.2) is 26.9 Å². The molecule has 0 fully saturated rings. The lowest BCUT2D eigenvalue weighted by molar-refractivity contribution is -0.138. The number of halogens is 1. The number of aromatic nitrogens is 2. The Balaban J connectivity index is 2.58. The Morgan fingerprint density at radius 1 is 1.92 bits per heavy atom. The molecule has 1 aromatic heterocycles. The maximum atomic E-state index is 10.3. The predicted molar refractivity (Wildman–Crippen MR) is 45.5 cm³/mol. The SMILES string of the molecule is NC(Cn1cc(Br)cn1)C(=O)O. The second-order valence-electron chi connectivity index (χ2n) is 2.33. The van der Waals surface area contributed by atoms with Crippen molar-refractivity contribution in [2.45, 2.75) is 12.6 Å². The Kier molecular flexibility index (Phi) is 2.83. The Morgan fingerprint density at radius 3 is 3.00 bits per heavy atom. The first-order chi connectivity index (χ1) is 5.59. The van der Waals surface area contributed by atoms with Gasteiger partial charge in [0.1, 0.15) is 6.04 Å². The van der Waals surface area contributed by atoms with Crippen LogP contribution in [-0.2, 0) is 11.3 Å². The molecule has 6 heteroatoms. The highest BCUT2D eigenvalue weighted by Gasteiger charge is 2.11. The van der Waals surface area contributed by atoms with E-state index in [-0.39, 0.29) is 6.54 Å². The van der Waals surface area contributed by atoms with Gasteiger partial charge in [-0.1, -0.05) is 0 Å². The number of hydrogen-bond acceptors (Lipinski definition) is 3. The average Bonchev–Trinajstić information content (AvgIpc) is 2.35. The van der Waals surface area contributed by atoms with Crippen LogP contribution in [0.2, 0.25) is 0 Å². The summed E-state index contributed by atoms with van der Waals surface area (Å²) in [6.45, 7) is 0.181. The Bertz CT molecular complexity index is 286. The molecule has 0 aliphatic carbocycles. The standard InChI is InChI=1S/C6H8BrN3O2/c7-4-1-9-10(2-4)3-5(8)6(11)12/h1-2,5H,3,8H2,(H,11,12). The maximum Gasteiger partial charge on any atom is 0.322 e. The van der Waals surface area contributed by atoms with Crippen molar-refractivity contribution in [3.63, 3.8) is 0 Å². The van der Waals surface area contributed by atoms with E-state index in [4.69, 9.17) is 10.8 Å². The number of nitrogens with two attached hydrogens (primary N) is 1. The minimum Gasteiger partial charge on any atom is -0.480 e. The molecular formula is C6H8BrN3O2. The lowest BCUT2D eigenvalue weighted by atomic mass is 10.3. The van der Waals surface area contributed by atoms with E-state index in [1.54, 1.807) is 12.4 Å². The average molecular weight is 234 g/mol. The van der Waals surface area contributed by atoms with Gasteiger partial charge in [-0.05, 0) is 15.9 Å². The molecule has 0 aliphatic heterocycles. The van der Waals surface area contributed by atoms with Crippen LogP contribution in [0.3, 0.4) is 0 Å². The van der Waals surface area contributed by atoms with E-state index in [0.717, 1.165) is 4.47 Å². The van der Waals surface area contributed by atoms with Crippen molar-refractivity contribution in [1.29, 1.82) is 0 Å². The van der Waals surface area contributed by atoms with E-state index in [9.17, 15) is 4.79 Å². The molecule has 0 saturated carbocycles. The second kappa shape index (κ2) is 3.68. The number of rotatable bonds is 3. The first-order valence-corrected chi connectivity index (χ1v) is 4.05. The highest BCUT2D eigenvalue weighted by Crippen LogP contribution is 2.06. The number of carboxylic acids is 1. The topological polar surface area (TPSA) is 81.1 Å². The van der Waals surface area contributed by atoms with Gasteiger partial charge in [0.2, 0.25) is 0 Å². The summed E-state index contributed by atoms with van der Waals surface area (Å²) in [6.07, 6.45) is 3.25. The molecule has 1 aromatic rings. The summed E-state index contributed by atoms with van der Waals surface area (Å²) in [7, 11) is 0. The van der Waals surface area contributed by atoms with Crippen molar-refractivity contribution in [2.75, 3.05) is 0 Å². The molecule has 1 rings (SSSR count). The molecule has 1 unspecified atom stereocenters. The van der Waals surface area contributed by atoms with Crippen LogP contribution < -0.4 is 5.73 Å². The third-order valence-electron chi connectivity index (χ3n) is 1.30. The fourth-order valence-corrected chi connectivity index (χ4v) is 1.05. The predicted octanol–water partition coefficient (Wildman–Crippen LogP) is 0.0575. The van der Waals surface area contributed by atoms with Gasteiger partial charge in [0, 0.05) is 6.20 Å². The van der Waals surface area contributed by atoms with E-state index in [1.165, 1.54) is 4.68 Å². The molecule has 0 spiro atoms. The van der Waals surface area contributed by atoms with Crippen LogP contribution in [0.25, 0.3) is 0 Å². The van der Waals surface area contributed by atoms with E-state index in [0.29, 0.717) is 0 Å². The largest absolute Gasteiger partial charge is 0.480 e. The van der Waals surface area contributed by atoms with Crippen molar-refractivity contribution >= 4 is 21.9 Å². The minimum atomic E-state index is -1.03. The molecule has 0 radical (unpaired) electrons. The fraction of sp³-hybridized carbons (Fsp3) is 0.333. The summed E-state index contributed by atoms with van der Waals surface area (Å²) >= 11 is 3.19. The molecule has 1 heterocycles. The van der Waals surface area contributed by atoms with Crippen LogP contribution in [0.5, 0.6) is 0 Å². The second-order valence-corrected chi connectivity index (χ2v) is 3.24. The number of carbonyl (C=O) groups is 1.